The second kappa shape index (κ2) is 7.99. The Labute approximate surface area is 120 Å². The molecule has 0 saturated heterocycles. The van der Waals surface area contributed by atoms with Crippen LogP contribution in [0.5, 0.6) is 0 Å². The van der Waals surface area contributed by atoms with Crippen LogP contribution in [-0.4, -0.2) is 41.4 Å². The predicted octanol–water partition coefficient (Wildman–Crippen LogP) is 0.834. The molecule has 0 fully saturated rings. The predicted molar refractivity (Wildman–Crippen MR) is 78.4 cm³/mol. The Balaban J connectivity index is 2.67. The number of benzene rings is 1. The second-order valence-electron chi connectivity index (χ2n) is 5.11. The largest absolute Gasteiger partial charge is 0.480 e. The maximum absolute atomic E-state index is 11.4. The average Bonchev–Trinajstić information content (AvgIpc) is 2.46. The molecule has 0 aliphatic rings. The van der Waals surface area contributed by atoms with Crippen molar-refractivity contribution in [2.45, 2.75) is 38.6 Å². The topological polar surface area (TPSA) is 81.6 Å². The van der Waals surface area contributed by atoms with E-state index in [1.807, 2.05) is 37.3 Å². The Hall–Kier alpha value is -1.43. The number of carboxylic acid groups (broad SMARTS) is 1. The van der Waals surface area contributed by atoms with E-state index in [0.717, 1.165) is 5.56 Å². The molecule has 4 N–H and O–H groups in total. The minimum absolute atomic E-state index is 0.162. The quantitative estimate of drug-likeness (QED) is 0.567. The zero-order valence-corrected chi connectivity index (χ0v) is 12.2. The lowest BCUT2D eigenvalue weighted by Crippen LogP contribution is -2.50. The zero-order chi connectivity index (χ0) is 15.1. The highest BCUT2D eigenvalue weighted by Crippen LogP contribution is 2.13. The summed E-state index contributed by atoms with van der Waals surface area (Å²) in [6.45, 7) is 4.04. The Morgan fingerprint density at radius 1 is 1.25 bits per heavy atom. The molecule has 0 amide bonds. The van der Waals surface area contributed by atoms with Gasteiger partial charge in [-0.25, -0.2) is 0 Å². The molecule has 5 heteroatoms. The van der Waals surface area contributed by atoms with Crippen LogP contribution in [0.3, 0.4) is 0 Å². The van der Waals surface area contributed by atoms with Gasteiger partial charge in [0.15, 0.2) is 0 Å². The molecule has 5 nitrogen and oxygen atoms in total. The molecule has 0 radical (unpaired) electrons. The highest BCUT2D eigenvalue weighted by atomic mass is 16.4. The van der Waals surface area contributed by atoms with Gasteiger partial charge in [-0.3, -0.25) is 10.1 Å². The number of hydrogen-bond acceptors (Lipinski definition) is 4. The molecule has 1 aromatic rings. The molecule has 20 heavy (non-hydrogen) atoms. The lowest BCUT2D eigenvalue weighted by atomic mass is 9.91. The van der Waals surface area contributed by atoms with Gasteiger partial charge in [0.05, 0.1) is 6.10 Å². The summed E-state index contributed by atoms with van der Waals surface area (Å²) < 4.78 is 0. The Bertz CT molecular complexity index is 411. The molecule has 1 rings (SSSR count). The Kier molecular flexibility index (Phi) is 6.64. The molecule has 0 aromatic heterocycles. The standard InChI is InChI=1S/C15H24N2O3/c1-10(14(18)11(2)16-3)13(15(19)20)17-9-12-7-5-4-6-8-12/h4-8,10-11,13-14,16-18H,9H2,1-3H3,(H,19,20)/t10-,11+,13?,14-/m1/s1. The van der Waals surface area contributed by atoms with Gasteiger partial charge in [0, 0.05) is 18.5 Å². The van der Waals surface area contributed by atoms with Crippen LogP contribution in [0.2, 0.25) is 0 Å². The average molecular weight is 280 g/mol. The molecule has 0 aliphatic carbocycles. The molecular formula is C15H24N2O3. The molecule has 0 spiro atoms. The maximum Gasteiger partial charge on any atom is 0.321 e. The normalized spacial score (nSPS) is 17.2. The summed E-state index contributed by atoms with van der Waals surface area (Å²) in [4.78, 5) is 11.4. The fourth-order valence-electron chi connectivity index (χ4n) is 2.15. The van der Waals surface area contributed by atoms with Crippen LogP contribution in [0.15, 0.2) is 30.3 Å². The third-order valence-electron chi connectivity index (χ3n) is 3.67. The first-order valence-electron chi connectivity index (χ1n) is 6.82. The number of hydrogen-bond donors (Lipinski definition) is 4. The molecule has 1 aromatic carbocycles. The lowest BCUT2D eigenvalue weighted by molar-refractivity contribution is -0.142. The van der Waals surface area contributed by atoms with Gasteiger partial charge in [-0.1, -0.05) is 37.3 Å². The van der Waals surface area contributed by atoms with Crippen LogP contribution in [-0.2, 0) is 11.3 Å². The van der Waals surface area contributed by atoms with E-state index in [0.29, 0.717) is 6.54 Å². The molecule has 0 heterocycles. The molecule has 0 saturated carbocycles. The van der Waals surface area contributed by atoms with E-state index in [4.69, 9.17) is 0 Å². The number of aliphatic hydroxyl groups excluding tert-OH is 1. The molecule has 4 atom stereocenters. The van der Waals surface area contributed by atoms with E-state index in [1.165, 1.54) is 0 Å². The summed E-state index contributed by atoms with van der Waals surface area (Å²) in [7, 11) is 1.74. The first-order valence-corrected chi connectivity index (χ1v) is 6.82. The molecular weight excluding hydrogens is 256 g/mol. The van der Waals surface area contributed by atoms with Gasteiger partial charge in [0.2, 0.25) is 0 Å². The van der Waals surface area contributed by atoms with Crippen molar-refractivity contribution in [2.75, 3.05) is 7.05 Å². The van der Waals surface area contributed by atoms with Crippen LogP contribution in [0.4, 0.5) is 0 Å². The number of aliphatic carboxylic acids is 1. The lowest BCUT2D eigenvalue weighted by Gasteiger charge is -2.29. The van der Waals surface area contributed by atoms with Gasteiger partial charge in [-0.2, -0.15) is 0 Å². The SMILES string of the molecule is CN[C@@H](C)[C@H](O)[C@H](C)C(NCc1ccccc1)C(=O)O. The van der Waals surface area contributed by atoms with E-state index in [-0.39, 0.29) is 6.04 Å². The van der Waals surface area contributed by atoms with E-state index in [2.05, 4.69) is 10.6 Å². The Morgan fingerprint density at radius 2 is 1.85 bits per heavy atom. The summed E-state index contributed by atoms with van der Waals surface area (Å²) in [5, 5.41) is 25.4. The smallest absolute Gasteiger partial charge is 0.321 e. The number of likely N-dealkylation sites (N-methyl/N-ethyl adjacent to an activating group) is 1. The minimum atomic E-state index is -0.948. The third kappa shape index (κ3) is 4.59. The number of nitrogens with one attached hydrogen (secondary N) is 2. The summed E-state index contributed by atoms with van der Waals surface area (Å²) >= 11 is 0. The van der Waals surface area contributed by atoms with Crippen molar-refractivity contribution < 1.29 is 15.0 Å². The van der Waals surface area contributed by atoms with Gasteiger partial charge >= 0.3 is 5.97 Å². The van der Waals surface area contributed by atoms with Crippen LogP contribution in [0, 0.1) is 5.92 Å². The summed E-state index contributed by atoms with van der Waals surface area (Å²) in [5.41, 5.74) is 1.02. The molecule has 112 valence electrons. The van der Waals surface area contributed by atoms with E-state index >= 15 is 0 Å². The Morgan fingerprint density at radius 3 is 2.35 bits per heavy atom. The van der Waals surface area contributed by atoms with E-state index < -0.39 is 24.0 Å². The number of carboxylic acids is 1. The molecule has 1 unspecified atom stereocenters. The first-order chi connectivity index (χ1) is 9.47. The van der Waals surface area contributed by atoms with Crippen LogP contribution >= 0.6 is 0 Å². The van der Waals surface area contributed by atoms with Crippen molar-refractivity contribution in [1.82, 2.24) is 10.6 Å². The maximum atomic E-state index is 11.4. The first kappa shape index (κ1) is 16.6. The van der Waals surface area contributed by atoms with Gasteiger partial charge in [0.1, 0.15) is 6.04 Å². The van der Waals surface area contributed by atoms with Gasteiger partial charge in [-0.15, -0.1) is 0 Å². The highest BCUT2D eigenvalue weighted by Gasteiger charge is 2.31. The van der Waals surface area contributed by atoms with Crippen molar-refractivity contribution in [3.63, 3.8) is 0 Å². The highest BCUT2D eigenvalue weighted by molar-refractivity contribution is 5.74. The van der Waals surface area contributed by atoms with Crippen LogP contribution < -0.4 is 10.6 Å². The summed E-state index contributed by atoms with van der Waals surface area (Å²) in [5.74, 6) is -1.35. The number of aliphatic hydroxyl groups is 1. The second-order valence-corrected chi connectivity index (χ2v) is 5.11. The molecule has 0 aliphatic heterocycles. The summed E-state index contributed by atoms with van der Waals surface area (Å²) in [6, 6.07) is 8.65. The minimum Gasteiger partial charge on any atom is -0.480 e. The summed E-state index contributed by atoms with van der Waals surface area (Å²) in [6.07, 6.45) is -0.732. The third-order valence-corrected chi connectivity index (χ3v) is 3.67. The van der Waals surface area contributed by atoms with E-state index in [1.54, 1.807) is 14.0 Å². The van der Waals surface area contributed by atoms with Gasteiger partial charge < -0.3 is 15.5 Å². The van der Waals surface area contributed by atoms with Crippen LogP contribution in [0.25, 0.3) is 0 Å². The van der Waals surface area contributed by atoms with Gasteiger partial charge in [-0.05, 0) is 19.5 Å². The number of carbonyl (C=O) groups is 1. The van der Waals surface area contributed by atoms with Crippen molar-refractivity contribution >= 4 is 5.97 Å². The zero-order valence-electron chi connectivity index (χ0n) is 12.2. The molecule has 0 bridgehead atoms. The van der Waals surface area contributed by atoms with Crippen molar-refractivity contribution in [1.29, 1.82) is 0 Å². The fourth-order valence-corrected chi connectivity index (χ4v) is 2.15. The van der Waals surface area contributed by atoms with Gasteiger partial charge in [0.25, 0.3) is 0 Å². The fraction of sp³-hybridized carbons (Fsp3) is 0.533. The van der Waals surface area contributed by atoms with Crippen LogP contribution in [0.1, 0.15) is 19.4 Å². The van der Waals surface area contributed by atoms with Crippen molar-refractivity contribution in [3.8, 4) is 0 Å². The monoisotopic (exact) mass is 280 g/mol. The van der Waals surface area contributed by atoms with Crippen molar-refractivity contribution in [3.05, 3.63) is 35.9 Å². The van der Waals surface area contributed by atoms with E-state index in [9.17, 15) is 15.0 Å². The number of rotatable bonds is 8. The van der Waals surface area contributed by atoms with Crippen molar-refractivity contribution in [2.24, 2.45) is 5.92 Å².